The molecule has 4 rings (SSSR count). The highest BCUT2D eigenvalue weighted by atomic mass is 16.5. The Balaban J connectivity index is 1.45. The second-order valence-electron chi connectivity index (χ2n) is 6.29. The maximum Gasteiger partial charge on any atom is 0.289 e. The van der Waals surface area contributed by atoms with E-state index in [1.807, 2.05) is 6.07 Å². The van der Waals surface area contributed by atoms with E-state index in [4.69, 9.17) is 19.2 Å². The molecule has 0 saturated carbocycles. The number of pyridine rings is 1. The molecule has 1 atom stereocenters. The van der Waals surface area contributed by atoms with Gasteiger partial charge in [0, 0.05) is 30.6 Å². The van der Waals surface area contributed by atoms with E-state index in [0.717, 1.165) is 5.39 Å². The van der Waals surface area contributed by atoms with Crippen LogP contribution in [0.25, 0.3) is 11.0 Å². The van der Waals surface area contributed by atoms with Gasteiger partial charge in [-0.05, 0) is 30.3 Å². The predicted octanol–water partition coefficient (Wildman–Crippen LogP) is 3.00. The molecule has 3 heterocycles. The van der Waals surface area contributed by atoms with Crippen LogP contribution < -0.4 is 9.47 Å². The first-order valence-electron chi connectivity index (χ1n) is 8.56. The molecule has 7 nitrogen and oxygen atoms in total. The maximum absolute atomic E-state index is 12.8. The first-order valence-corrected chi connectivity index (χ1v) is 8.56. The van der Waals surface area contributed by atoms with Crippen molar-refractivity contribution in [2.24, 2.45) is 0 Å². The van der Waals surface area contributed by atoms with Crippen molar-refractivity contribution in [2.45, 2.75) is 12.5 Å². The lowest BCUT2D eigenvalue weighted by atomic mass is 10.2. The summed E-state index contributed by atoms with van der Waals surface area (Å²) in [5.74, 6) is 1.23. The zero-order valence-corrected chi connectivity index (χ0v) is 14.7. The molecule has 1 aliphatic heterocycles. The Labute approximate surface area is 155 Å². The zero-order valence-electron chi connectivity index (χ0n) is 14.7. The number of hydrogen-bond acceptors (Lipinski definition) is 6. The fraction of sp³-hybridized carbons (Fsp3) is 0.250. The van der Waals surface area contributed by atoms with E-state index in [0.29, 0.717) is 48.0 Å². The summed E-state index contributed by atoms with van der Waals surface area (Å²) in [6.07, 6.45) is 2.06. The number of amides is 1. The molecule has 1 amide bonds. The summed E-state index contributed by atoms with van der Waals surface area (Å²) in [6.45, 7) is 1.01. The van der Waals surface area contributed by atoms with Crippen molar-refractivity contribution in [1.29, 1.82) is 5.26 Å². The van der Waals surface area contributed by atoms with Crippen LogP contribution in [0.1, 0.15) is 22.5 Å². The topological polar surface area (TPSA) is 88.6 Å². The van der Waals surface area contributed by atoms with E-state index < -0.39 is 0 Å². The lowest BCUT2D eigenvalue weighted by Crippen LogP contribution is -2.30. The van der Waals surface area contributed by atoms with Crippen LogP contribution in [0.4, 0.5) is 0 Å². The number of nitriles is 1. The van der Waals surface area contributed by atoms with E-state index in [1.54, 1.807) is 42.3 Å². The Morgan fingerprint density at radius 2 is 2.22 bits per heavy atom. The third-order valence-corrected chi connectivity index (χ3v) is 4.52. The molecule has 0 bridgehead atoms. The monoisotopic (exact) mass is 363 g/mol. The molecule has 7 heteroatoms. The minimum atomic E-state index is -0.171. The molecule has 0 radical (unpaired) electrons. The van der Waals surface area contributed by atoms with Gasteiger partial charge in [-0.3, -0.25) is 4.79 Å². The fourth-order valence-electron chi connectivity index (χ4n) is 3.13. The maximum atomic E-state index is 12.8. The molecule has 27 heavy (non-hydrogen) atoms. The van der Waals surface area contributed by atoms with Crippen molar-refractivity contribution in [3.8, 4) is 17.7 Å². The molecule has 1 aromatic carbocycles. The van der Waals surface area contributed by atoms with Gasteiger partial charge in [-0.25, -0.2) is 4.98 Å². The van der Waals surface area contributed by atoms with Crippen LogP contribution in [-0.2, 0) is 0 Å². The summed E-state index contributed by atoms with van der Waals surface area (Å²) in [4.78, 5) is 18.6. The van der Waals surface area contributed by atoms with Crippen molar-refractivity contribution in [3.05, 3.63) is 53.9 Å². The van der Waals surface area contributed by atoms with Crippen LogP contribution in [0.15, 0.2) is 47.0 Å². The van der Waals surface area contributed by atoms with E-state index in [2.05, 4.69) is 11.1 Å². The number of carbonyl (C=O) groups excluding carboxylic acids is 1. The van der Waals surface area contributed by atoms with Gasteiger partial charge in [0.05, 0.1) is 25.3 Å². The summed E-state index contributed by atoms with van der Waals surface area (Å²) in [5.41, 5.74) is 1.13. The van der Waals surface area contributed by atoms with Gasteiger partial charge in [0.25, 0.3) is 5.91 Å². The van der Waals surface area contributed by atoms with E-state index in [1.165, 1.54) is 6.20 Å². The minimum absolute atomic E-state index is 0.167. The predicted molar refractivity (Wildman–Crippen MR) is 96.7 cm³/mol. The molecular weight excluding hydrogens is 346 g/mol. The number of aromatic nitrogens is 1. The SMILES string of the molecule is COc1ccc2oc(C(=O)N3CCC(Oc4cc(C#N)ccn4)C3)cc2c1. The Kier molecular flexibility index (Phi) is 4.38. The van der Waals surface area contributed by atoms with Crippen LogP contribution in [0.2, 0.25) is 0 Å². The van der Waals surface area contributed by atoms with Crippen molar-refractivity contribution in [1.82, 2.24) is 9.88 Å². The molecule has 1 aliphatic rings. The number of methoxy groups -OCH3 is 1. The number of nitrogens with zero attached hydrogens (tertiary/aromatic N) is 3. The van der Waals surface area contributed by atoms with Gasteiger partial charge in [-0.1, -0.05) is 0 Å². The molecule has 1 unspecified atom stereocenters. The van der Waals surface area contributed by atoms with E-state index in [-0.39, 0.29) is 12.0 Å². The quantitative estimate of drug-likeness (QED) is 0.708. The Morgan fingerprint density at radius 3 is 3.04 bits per heavy atom. The fourth-order valence-corrected chi connectivity index (χ4v) is 3.13. The van der Waals surface area contributed by atoms with Gasteiger partial charge < -0.3 is 18.8 Å². The highest BCUT2D eigenvalue weighted by Crippen LogP contribution is 2.26. The van der Waals surface area contributed by atoms with E-state index >= 15 is 0 Å². The highest BCUT2D eigenvalue weighted by molar-refractivity contribution is 5.96. The van der Waals surface area contributed by atoms with Gasteiger partial charge >= 0.3 is 0 Å². The first kappa shape index (κ1) is 16.9. The van der Waals surface area contributed by atoms with E-state index in [9.17, 15) is 4.79 Å². The van der Waals surface area contributed by atoms with Gasteiger partial charge in [-0.2, -0.15) is 5.26 Å². The smallest absolute Gasteiger partial charge is 0.289 e. The third kappa shape index (κ3) is 3.42. The summed E-state index contributed by atoms with van der Waals surface area (Å²) in [7, 11) is 1.60. The van der Waals surface area contributed by atoms with Crippen LogP contribution in [-0.4, -0.2) is 42.1 Å². The number of hydrogen-bond donors (Lipinski definition) is 0. The Bertz CT molecular complexity index is 1040. The summed E-state index contributed by atoms with van der Waals surface area (Å²) >= 11 is 0. The van der Waals surface area contributed by atoms with Crippen LogP contribution in [0, 0.1) is 11.3 Å². The molecular formula is C20H17N3O4. The molecule has 1 fully saturated rings. The third-order valence-electron chi connectivity index (χ3n) is 4.52. The van der Waals surface area contributed by atoms with Gasteiger partial charge in [0.15, 0.2) is 5.76 Å². The van der Waals surface area contributed by atoms with Gasteiger partial charge in [-0.15, -0.1) is 0 Å². The van der Waals surface area contributed by atoms with Crippen LogP contribution in [0.3, 0.4) is 0 Å². The molecule has 136 valence electrons. The zero-order chi connectivity index (χ0) is 18.8. The number of fused-ring (bicyclic) bond motifs is 1. The first-order chi connectivity index (χ1) is 13.2. The summed E-state index contributed by atoms with van der Waals surface area (Å²) in [6, 6.07) is 12.4. The normalized spacial score (nSPS) is 16.3. The average molecular weight is 363 g/mol. The Hall–Kier alpha value is -3.53. The second kappa shape index (κ2) is 7.00. The van der Waals surface area contributed by atoms with Crippen molar-refractivity contribution in [2.75, 3.05) is 20.2 Å². The summed E-state index contributed by atoms with van der Waals surface area (Å²) in [5, 5.41) is 9.77. The van der Waals surface area contributed by atoms with Crippen LogP contribution in [0.5, 0.6) is 11.6 Å². The number of benzene rings is 1. The molecule has 0 spiro atoms. The lowest BCUT2D eigenvalue weighted by molar-refractivity contribution is 0.0742. The van der Waals surface area contributed by atoms with Gasteiger partial charge in [0.1, 0.15) is 17.4 Å². The number of furan rings is 1. The average Bonchev–Trinajstić information content (AvgIpc) is 3.33. The summed E-state index contributed by atoms with van der Waals surface area (Å²) < 4.78 is 16.7. The molecule has 2 aromatic heterocycles. The minimum Gasteiger partial charge on any atom is -0.497 e. The van der Waals surface area contributed by atoms with Gasteiger partial charge in [0.2, 0.25) is 5.88 Å². The second-order valence-corrected chi connectivity index (χ2v) is 6.29. The number of ether oxygens (including phenoxy) is 2. The standard InChI is InChI=1S/C20H17N3O4/c1-25-15-2-3-17-14(9-15)10-18(27-17)20(24)23-7-5-16(12-23)26-19-8-13(11-21)4-6-22-19/h2-4,6,8-10,16H,5,7,12H2,1H3. The number of rotatable bonds is 4. The van der Waals surface area contributed by atoms with Crippen molar-refractivity contribution in [3.63, 3.8) is 0 Å². The number of likely N-dealkylation sites (tertiary alicyclic amines) is 1. The van der Waals surface area contributed by atoms with Crippen LogP contribution >= 0.6 is 0 Å². The number of carbonyl (C=O) groups is 1. The molecule has 0 aliphatic carbocycles. The highest BCUT2D eigenvalue weighted by Gasteiger charge is 2.30. The largest absolute Gasteiger partial charge is 0.497 e. The molecule has 0 N–H and O–H groups in total. The molecule has 3 aromatic rings. The Morgan fingerprint density at radius 1 is 1.33 bits per heavy atom. The van der Waals surface area contributed by atoms with Crippen molar-refractivity contribution < 1.29 is 18.7 Å². The lowest BCUT2D eigenvalue weighted by Gasteiger charge is -2.15. The molecule has 1 saturated heterocycles. The van der Waals surface area contributed by atoms with Crippen molar-refractivity contribution >= 4 is 16.9 Å².